The number of hydrogen-bond donors (Lipinski definition) is 0. The fourth-order valence-corrected chi connectivity index (χ4v) is 4.57. The zero-order valence-corrected chi connectivity index (χ0v) is 17.4. The minimum atomic E-state index is 0.0715. The number of hydrogen-bond acceptors (Lipinski definition) is 2. The van der Waals surface area contributed by atoms with Gasteiger partial charge in [0.05, 0.1) is 11.0 Å². The molecular formula is C24H20BrN3O. The van der Waals surface area contributed by atoms with Crippen molar-refractivity contribution in [1.82, 2.24) is 9.55 Å². The van der Waals surface area contributed by atoms with Crippen LogP contribution in [-0.2, 0) is 11.3 Å². The molecule has 1 atom stereocenters. The first-order valence-corrected chi connectivity index (χ1v) is 10.5. The lowest BCUT2D eigenvalue weighted by Crippen LogP contribution is -2.24. The second kappa shape index (κ2) is 7.48. The molecule has 4 aromatic rings. The minimum absolute atomic E-state index is 0.0715. The molecule has 1 fully saturated rings. The van der Waals surface area contributed by atoms with E-state index in [4.69, 9.17) is 4.98 Å². The summed E-state index contributed by atoms with van der Waals surface area (Å²) in [6.07, 6.45) is 0.483. The van der Waals surface area contributed by atoms with Crippen LogP contribution in [0.3, 0.4) is 0 Å². The van der Waals surface area contributed by atoms with Crippen LogP contribution in [0, 0.1) is 0 Å². The SMILES string of the molecule is O=C1CC(c2nc3ccccc3n2Cc2cccc(Br)c2)CN1c1ccccc1. The lowest BCUT2D eigenvalue weighted by atomic mass is 10.1. The number of nitrogens with zero attached hydrogens (tertiary/aromatic N) is 3. The Morgan fingerprint density at radius 2 is 1.76 bits per heavy atom. The number of carbonyl (C=O) groups excluding carboxylic acids is 1. The molecule has 1 aliphatic rings. The summed E-state index contributed by atoms with van der Waals surface area (Å²) in [6.45, 7) is 1.38. The summed E-state index contributed by atoms with van der Waals surface area (Å²) >= 11 is 3.57. The molecule has 0 aliphatic carbocycles. The van der Waals surface area contributed by atoms with Gasteiger partial charge in [-0.15, -0.1) is 0 Å². The van der Waals surface area contributed by atoms with Crippen molar-refractivity contribution in [2.75, 3.05) is 11.4 Å². The van der Waals surface area contributed by atoms with Crippen LogP contribution in [0.4, 0.5) is 5.69 Å². The van der Waals surface area contributed by atoms with Gasteiger partial charge in [-0.2, -0.15) is 0 Å². The van der Waals surface area contributed by atoms with Crippen molar-refractivity contribution in [2.45, 2.75) is 18.9 Å². The van der Waals surface area contributed by atoms with E-state index in [-0.39, 0.29) is 11.8 Å². The minimum Gasteiger partial charge on any atom is -0.323 e. The zero-order valence-electron chi connectivity index (χ0n) is 15.8. The standard InChI is InChI=1S/C24H20BrN3O/c25-19-8-6-7-17(13-19)15-28-22-12-5-4-11-21(22)26-24(28)18-14-23(29)27(16-18)20-9-2-1-3-10-20/h1-13,18H,14-16H2. The third kappa shape index (κ3) is 3.47. The summed E-state index contributed by atoms with van der Waals surface area (Å²) in [5.74, 6) is 1.21. The molecule has 1 aromatic heterocycles. The van der Waals surface area contributed by atoms with Crippen molar-refractivity contribution in [3.8, 4) is 0 Å². The number of benzene rings is 3. The smallest absolute Gasteiger partial charge is 0.227 e. The fraction of sp³-hybridized carbons (Fsp3) is 0.167. The highest BCUT2D eigenvalue weighted by Gasteiger charge is 2.34. The molecule has 0 radical (unpaired) electrons. The van der Waals surface area contributed by atoms with E-state index in [1.54, 1.807) is 0 Å². The highest BCUT2D eigenvalue weighted by atomic mass is 79.9. The van der Waals surface area contributed by atoms with Crippen molar-refractivity contribution in [3.05, 3.63) is 94.7 Å². The molecular weight excluding hydrogens is 426 g/mol. The van der Waals surface area contributed by atoms with Gasteiger partial charge in [-0.1, -0.05) is 58.4 Å². The van der Waals surface area contributed by atoms with Crippen LogP contribution in [0.2, 0.25) is 0 Å². The molecule has 29 heavy (non-hydrogen) atoms. The van der Waals surface area contributed by atoms with Crippen LogP contribution < -0.4 is 4.90 Å². The quantitative estimate of drug-likeness (QED) is 0.423. The summed E-state index contributed by atoms with van der Waals surface area (Å²) < 4.78 is 3.33. The maximum Gasteiger partial charge on any atom is 0.227 e. The molecule has 2 heterocycles. The molecule has 0 N–H and O–H groups in total. The van der Waals surface area contributed by atoms with E-state index in [0.717, 1.165) is 33.6 Å². The molecule has 1 aliphatic heterocycles. The van der Waals surface area contributed by atoms with Gasteiger partial charge in [0.15, 0.2) is 0 Å². The number of halogens is 1. The van der Waals surface area contributed by atoms with Crippen LogP contribution >= 0.6 is 15.9 Å². The van der Waals surface area contributed by atoms with Gasteiger partial charge in [0.25, 0.3) is 0 Å². The van der Waals surface area contributed by atoms with Gasteiger partial charge in [0.2, 0.25) is 5.91 Å². The average Bonchev–Trinajstić information content (AvgIpc) is 3.30. The Hall–Kier alpha value is -2.92. The van der Waals surface area contributed by atoms with Gasteiger partial charge >= 0.3 is 0 Å². The molecule has 1 saturated heterocycles. The Balaban J connectivity index is 1.54. The fourth-order valence-electron chi connectivity index (χ4n) is 4.13. The van der Waals surface area contributed by atoms with Gasteiger partial charge in [0, 0.05) is 35.6 Å². The van der Waals surface area contributed by atoms with E-state index >= 15 is 0 Å². The summed E-state index contributed by atoms with van der Waals surface area (Å²) in [4.78, 5) is 19.6. The van der Waals surface area contributed by atoms with E-state index in [2.05, 4.69) is 44.8 Å². The molecule has 0 spiro atoms. The molecule has 0 saturated carbocycles. The lowest BCUT2D eigenvalue weighted by Gasteiger charge is -2.17. The molecule has 3 aromatic carbocycles. The molecule has 1 unspecified atom stereocenters. The Labute approximate surface area is 177 Å². The summed E-state index contributed by atoms with van der Waals surface area (Å²) in [5.41, 5.74) is 4.24. The number of rotatable bonds is 4. The van der Waals surface area contributed by atoms with E-state index < -0.39 is 0 Å². The molecule has 5 heteroatoms. The number of para-hydroxylation sites is 3. The lowest BCUT2D eigenvalue weighted by molar-refractivity contribution is -0.117. The van der Waals surface area contributed by atoms with Gasteiger partial charge < -0.3 is 9.47 Å². The van der Waals surface area contributed by atoms with Crippen molar-refractivity contribution >= 4 is 38.6 Å². The first-order chi connectivity index (χ1) is 14.2. The third-order valence-corrected chi connectivity index (χ3v) is 5.97. The monoisotopic (exact) mass is 445 g/mol. The maximum absolute atomic E-state index is 12.8. The largest absolute Gasteiger partial charge is 0.323 e. The van der Waals surface area contributed by atoms with Gasteiger partial charge in [-0.05, 0) is 42.0 Å². The first kappa shape index (κ1) is 18.1. The molecule has 0 bridgehead atoms. The van der Waals surface area contributed by atoms with E-state index in [1.165, 1.54) is 5.56 Å². The Morgan fingerprint density at radius 3 is 2.59 bits per heavy atom. The van der Waals surface area contributed by atoms with Crippen molar-refractivity contribution < 1.29 is 4.79 Å². The highest BCUT2D eigenvalue weighted by Crippen LogP contribution is 2.33. The predicted molar refractivity (Wildman–Crippen MR) is 119 cm³/mol. The predicted octanol–water partition coefficient (Wildman–Crippen LogP) is 5.37. The Kier molecular flexibility index (Phi) is 4.68. The van der Waals surface area contributed by atoms with Crippen LogP contribution in [0.1, 0.15) is 23.7 Å². The van der Waals surface area contributed by atoms with E-state index in [0.29, 0.717) is 13.0 Å². The number of anilines is 1. The number of fused-ring (bicyclic) bond motifs is 1. The first-order valence-electron chi connectivity index (χ1n) is 9.74. The normalized spacial score (nSPS) is 16.7. The van der Waals surface area contributed by atoms with Gasteiger partial charge in [-0.3, -0.25) is 4.79 Å². The molecule has 144 valence electrons. The Bertz CT molecular complexity index is 1190. The van der Waals surface area contributed by atoms with Crippen LogP contribution in [0.25, 0.3) is 11.0 Å². The van der Waals surface area contributed by atoms with Crippen LogP contribution in [0.5, 0.6) is 0 Å². The van der Waals surface area contributed by atoms with E-state index in [9.17, 15) is 4.79 Å². The maximum atomic E-state index is 12.8. The number of carbonyl (C=O) groups is 1. The van der Waals surface area contributed by atoms with Crippen LogP contribution in [-0.4, -0.2) is 22.0 Å². The van der Waals surface area contributed by atoms with Crippen molar-refractivity contribution in [2.24, 2.45) is 0 Å². The van der Waals surface area contributed by atoms with Gasteiger partial charge in [0.1, 0.15) is 5.82 Å². The van der Waals surface area contributed by atoms with E-state index in [1.807, 2.05) is 59.5 Å². The molecule has 5 rings (SSSR count). The van der Waals surface area contributed by atoms with Gasteiger partial charge in [-0.25, -0.2) is 4.98 Å². The number of aromatic nitrogens is 2. The summed E-state index contributed by atoms with van der Waals surface area (Å²) in [7, 11) is 0. The second-order valence-electron chi connectivity index (χ2n) is 7.42. The highest BCUT2D eigenvalue weighted by molar-refractivity contribution is 9.10. The molecule has 4 nitrogen and oxygen atoms in total. The third-order valence-electron chi connectivity index (χ3n) is 5.47. The Morgan fingerprint density at radius 1 is 0.966 bits per heavy atom. The topological polar surface area (TPSA) is 38.1 Å². The average molecular weight is 446 g/mol. The van der Waals surface area contributed by atoms with Crippen LogP contribution in [0.15, 0.2) is 83.3 Å². The van der Waals surface area contributed by atoms with Crippen molar-refractivity contribution in [3.63, 3.8) is 0 Å². The summed E-state index contributed by atoms with van der Waals surface area (Å²) in [6, 6.07) is 26.4. The number of imidazole rings is 1. The second-order valence-corrected chi connectivity index (χ2v) is 8.33. The molecule has 1 amide bonds. The van der Waals surface area contributed by atoms with Crippen molar-refractivity contribution in [1.29, 1.82) is 0 Å². The zero-order chi connectivity index (χ0) is 19.8. The summed E-state index contributed by atoms with van der Waals surface area (Å²) in [5, 5.41) is 0. The number of amides is 1.